The smallest absolute Gasteiger partial charge is 0.252 e. The van der Waals surface area contributed by atoms with E-state index in [2.05, 4.69) is 36.4 Å². The molecule has 0 fully saturated rings. The van der Waals surface area contributed by atoms with Crippen LogP contribution in [0.5, 0.6) is 0 Å². The van der Waals surface area contributed by atoms with Gasteiger partial charge in [0.15, 0.2) is 0 Å². The summed E-state index contributed by atoms with van der Waals surface area (Å²) >= 11 is 3.46. The lowest BCUT2D eigenvalue weighted by Crippen LogP contribution is -2.27. The van der Waals surface area contributed by atoms with E-state index in [-0.39, 0.29) is 5.91 Å². The summed E-state index contributed by atoms with van der Waals surface area (Å²) in [5.41, 5.74) is 3.45. The van der Waals surface area contributed by atoms with Crippen LogP contribution in [0.2, 0.25) is 0 Å². The highest BCUT2D eigenvalue weighted by atomic mass is 79.9. The number of nitrogens with one attached hydrogen (secondary N) is 2. The Hall–Kier alpha value is -1.92. The summed E-state index contributed by atoms with van der Waals surface area (Å²) in [6.07, 6.45) is 4.22. The number of pyridine rings is 1. The number of rotatable bonds is 7. The third kappa shape index (κ3) is 5.62. The van der Waals surface area contributed by atoms with Gasteiger partial charge in [-0.2, -0.15) is 0 Å². The number of carbonyl (C=O) groups excluding carboxylic acids is 1. The van der Waals surface area contributed by atoms with Gasteiger partial charge in [-0.15, -0.1) is 0 Å². The highest BCUT2D eigenvalue weighted by Crippen LogP contribution is 2.23. The molecule has 0 spiro atoms. The van der Waals surface area contributed by atoms with Gasteiger partial charge in [0.1, 0.15) is 0 Å². The Bertz CT molecular complexity index is 703. The summed E-state index contributed by atoms with van der Waals surface area (Å²) < 4.78 is 1.04. The molecule has 1 aromatic carbocycles. The fourth-order valence-electron chi connectivity index (χ4n) is 2.25. The van der Waals surface area contributed by atoms with E-state index in [9.17, 15) is 4.79 Å². The Labute approximate surface area is 151 Å². The summed E-state index contributed by atoms with van der Waals surface area (Å²) in [6, 6.07) is 7.82. The molecule has 6 heteroatoms. The quantitative estimate of drug-likeness (QED) is 0.709. The Morgan fingerprint density at radius 1 is 1.25 bits per heavy atom. The van der Waals surface area contributed by atoms with E-state index < -0.39 is 0 Å². The molecule has 1 aromatic heterocycles. The second-order valence-electron chi connectivity index (χ2n) is 5.96. The van der Waals surface area contributed by atoms with Crippen LogP contribution in [0.25, 0.3) is 0 Å². The topological polar surface area (TPSA) is 57.3 Å². The van der Waals surface area contributed by atoms with E-state index in [1.807, 2.05) is 45.3 Å². The summed E-state index contributed by atoms with van der Waals surface area (Å²) in [5.74, 6) is -0.0996. The van der Waals surface area contributed by atoms with Crippen molar-refractivity contribution in [3.05, 3.63) is 52.3 Å². The normalized spacial score (nSPS) is 10.7. The van der Waals surface area contributed by atoms with Crippen LogP contribution in [-0.4, -0.2) is 43.0 Å². The van der Waals surface area contributed by atoms with Gasteiger partial charge in [0.05, 0.1) is 17.4 Å². The lowest BCUT2D eigenvalue weighted by atomic mass is 10.2. The van der Waals surface area contributed by atoms with Gasteiger partial charge in [-0.25, -0.2) is 0 Å². The number of amides is 1. The molecule has 2 aromatic rings. The average Bonchev–Trinajstić information content (AvgIpc) is 2.54. The molecule has 0 bridgehead atoms. The number of aromatic nitrogens is 1. The van der Waals surface area contributed by atoms with Crippen LogP contribution in [0.15, 0.2) is 41.1 Å². The lowest BCUT2D eigenvalue weighted by Gasteiger charge is -2.12. The molecule has 0 saturated carbocycles. The van der Waals surface area contributed by atoms with Gasteiger partial charge in [-0.1, -0.05) is 15.9 Å². The predicted molar refractivity (Wildman–Crippen MR) is 102 cm³/mol. The van der Waals surface area contributed by atoms with E-state index in [0.29, 0.717) is 12.1 Å². The maximum Gasteiger partial charge on any atom is 0.252 e. The molecule has 0 aliphatic rings. The van der Waals surface area contributed by atoms with E-state index >= 15 is 0 Å². The van der Waals surface area contributed by atoms with Crippen LogP contribution in [0, 0.1) is 6.92 Å². The Balaban J connectivity index is 1.99. The van der Waals surface area contributed by atoms with Crippen LogP contribution >= 0.6 is 15.9 Å². The highest BCUT2D eigenvalue weighted by molar-refractivity contribution is 9.10. The molecule has 0 saturated heterocycles. The number of carbonyl (C=O) groups is 1. The van der Waals surface area contributed by atoms with Crippen molar-refractivity contribution in [1.29, 1.82) is 0 Å². The average molecular weight is 391 g/mol. The largest absolute Gasteiger partial charge is 0.354 e. The first-order valence-corrected chi connectivity index (χ1v) is 8.66. The molecule has 1 amide bonds. The number of nitrogens with zero attached hydrogens (tertiary/aromatic N) is 2. The predicted octanol–water partition coefficient (Wildman–Crippen LogP) is 3.58. The van der Waals surface area contributed by atoms with Crippen LogP contribution in [-0.2, 0) is 0 Å². The zero-order chi connectivity index (χ0) is 17.5. The molecule has 2 N–H and O–H groups in total. The van der Waals surface area contributed by atoms with E-state index in [1.54, 1.807) is 12.4 Å². The lowest BCUT2D eigenvalue weighted by molar-refractivity contribution is 0.0952. The number of halogens is 1. The van der Waals surface area contributed by atoms with Gasteiger partial charge in [0.2, 0.25) is 0 Å². The number of aryl methyl sites for hydroxylation is 1. The van der Waals surface area contributed by atoms with E-state index in [4.69, 9.17) is 0 Å². The zero-order valence-corrected chi connectivity index (χ0v) is 15.9. The van der Waals surface area contributed by atoms with Crippen molar-refractivity contribution in [2.24, 2.45) is 0 Å². The minimum absolute atomic E-state index is 0.0996. The van der Waals surface area contributed by atoms with Crippen molar-refractivity contribution in [2.45, 2.75) is 13.3 Å². The fraction of sp³-hybridized carbons (Fsp3) is 0.333. The zero-order valence-electron chi connectivity index (χ0n) is 14.3. The number of anilines is 2. The maximum absolute atomic E-state index is 12.2. The van der Waals surface area contributed by atoms with Crippen molar-refractivity contribution in [3.63, 3.8) is 0 Å². The molecule has 0 aliphatic carbocycles. The van der Waals surface area contributed by atoms with Gasteiger partial charge in [0.25, 0.3) is 5.91 Å². The van der Waals surface area contributed by atoms with E-state index in [1.165, 1.54) is 0 Å². The van der Waals surface area contributed by atoms with Gasteiger partial charge >= 0.3 is 0 Å². The second kappa shape index (κ2) is 8.80. The van der Waals surface area contributed by atoms with Crippen molar-refractivity contribution in [3.8, 4) is 0 Å². The SMILES string of the molecule is Cc1cc(Br)ccc1Nc1cncc(C(=O)NCCCN(C)C)c1. The fourth-order valence-corrected chi connectivity index (χ4v) is 2.73. The summed E-state index contributed by atoms with van der Waals surface area (Å²) in [7, 11) is 4.04. The minimum atomic E-state index is -0.0996. The standard InChI is InChI=1S/C18H23BrN4O/c1-13-9-15(19)5-6-17(13)22-16-10-14(11-20-12-16)18(24)21-7-4-8-23(2)3/h5-6,9-12,22H,4,7-8H2,1-3H3,(H,21,24). The molecule has 1 heterocycles. The maximum atomic E-state index is 12.2. The van der Waals surface area contributed by atoms with Gasteiger partial charge < -0.3 is 15.5 Å². The van der Waals surface area contributed by atoms with Crippen LogP contribution in [0.4, 0.5) is 11.4 Å². The van der Waals surface area contributed by atoms with Crippen molar-refractivity contribution >= 4 is 33.2 Å². The first-order valence-electron chi connectivity index (χ1n) is 7.87. The van der Waals surface area contributed by atoms with E-state index in [0.717, 1.165) is 34.4 Å². The number of hydrogen-bond donors (Lipinski definition) is 2. The monoisotopic (exact) mass is 390 g/mol. The Morgan fingerprint density at radius 2 is 2.04 bits per heavy atom. The van der Waals surface area contributed by atoms with Crippen molar-refractivity contribution in [1.82, 2.24) is 15.2 Å². The molecule has 0 radical (unpaired) electrons. The third-order valence-corrected chi connectivity index (χ3v) is 4.03. The molecule has 5 nitrogen and oxygen atoms in total. The van der Waals surface area contributed by atoms with Gasteiger partial charge in [-0.3, -0.25) is 9.78 Å². The van der Waals surface area contributed by atoms with Crippen LogP contribution in [0.3, 0.4) is 0 Å². The first kappa shape index (κ1) is 18.4. The Morgan fingerprint density at radius 3 is 2.75 bits per heavy atom. The molecule has 24 heavy (non-hydrogen) atoms. The minimum Gasteiger partial charge on any atom is -0.354 e. The first-order chi connectivity index (χ1) is 11.5. The molecule has 2 rings (SSSR count). The van der Waals surface area contributed by atoms with Crippen molar-refractivity contribution in [2.75, 3.05) is 32.5 Å². The molecular formula is C18H23BrN4O. The van der Waals surface area contributed by atoms with Crippen LogP contribution in [0.1, 0.15) is 22.3 Å². The van der Waals surface area contributed by atoms with Gasteiger partial charge in [0, 0.05) is 22.9 Å². The molecule has 0 unspecified atom stereocenters. The van der Waals surface area contributed by atoms with Crippen LogP contribution < -0.4 is 10.6 Å². The molecule has 0 aliphatic heterocycles. The molecular weight excluding hydrogens is 368 g/mol. The number of benzene rings is 1. The second-order valence-corrected chi connectivity index (χ2v) is 6.87. The van der Waals surface area contributed by atoms with Gasteiger partial charge in [-0.05, 0) is 63.8 Å². The summed E-state index contributed by atoms with van der Waals surface area (Å²) in [6.45, 7) is 3.63. The number of hydrogen-bond acceptors (Lipinski definition) is 4. The van der Waals surface area contributed by atoms with Crippen molar-refractivity contribution < 1.29 is 4.79 Å². The molecule has 128 valence electrons. The summed E-state index contributed by atoms with van der Waals surface area (Å²) in [4.78, 5) is 18.5. The summed E-state index contributed by atoms with van der Waals surface area (Å²) in [5, 5.41) is 6.23. The highest BCUT2D eigenvalue weighted by Gasteiger charge is 2.07. The molecule has 0 atom stereocenters. The third-order valence-electron chi connectivity index (χ3n) is 3.54. The Kier molecular flexibility index (Phi) is 6.75.